The molecule has 3 rings (SSSR count). The van der Waals surface area contributed by atoms with Crippen molar-refractivity contribution in [2.45, 2.75) is 198 Å². The number of carbonyl (C=O) groups is 1. The Hall–Kier alpha value is -1.01. The van der Waals surface area contributed by atoms with Crippen molar-refractivity contribution in [2.75, 3.05) is 13.7 Å². The lowest BCUT2D eigenvalue weighted by atomic mass is 9.74. The van der Waals surface area contributed by atoms with Crippen LogP contribution in [0.15, 0.2) is 0 Å². The van der Waals surface area contributed by atoms with Crippen molar-refractivity contribution in [1.82, 2.24) is 5.32 Å². The molecule has 0 bridgehead atoms. The maximum Gasteiger partial charge on any atom is 0.311 e. The molecular formula is C37H70N2O12. The molecule has 51 heavy (non-hydrogen) atoms. The Morgan fingerprint density at radius 1 is 0.961 bits per heavy atom. The summed E-state index contributed by atoms with van der Waals surface area (Å²) in [5.41, 5.74) is 0.463. The number of esters is 1. The van der Waals surface area contributed by atoms with E-state index in [-0.39, 0.29) is 31.4 Å². The van der Waals surface area contributed by atoms with Crippen molar-refractivity contribution in [1.29, 1.82) is 0 Å². The fourth-order valence-electron chi connectivity index (χ4n) is 8.61. The number of ether oxygens (including phenoxy) is 6. The summed E-state index contributed by atoms with van der Waals surface area (Å²) < 4.78 is 37.5. The van der Waals surface area contributed by atoms with Gasteiger partial charge in [-0.15, -0.1) is 0 Å². The minimum atomic E-state index is -1.79. The Morgan fingerprint density at radius 3 is 2.16 bits per heavy atom. The van der Waals surface area contributed by atoms with Crippen LogP contribution >= 0.6 is 0 Å². The zero-order valence-electron chi connectivity index (χ0n) is 33.0. The molecular weight excluding hydrogens is 664 g/mol. The fraction of sp³-hybridized carbons (Fsp3) is 0.973. The molecule has 1 unspecified atom stereocenters. The van der Waals surface area contributed by atoms with E-state index < -0.39 is 101 Å². The second-order valence-electron chi connectivity index (χ2n) is 16.5. The molecule has 3 aliphatic rings. The van der Waals surface area contributed by atoms with Crippen molar-refractivity contribution in [3.8, 4) is 0 Å². The quantitative estimate of drug-likeness (QED) is 0.186. The second-order valence-corrected chi connectivity index (χ2v) is 16.5. The van der Waals surface area contributed by atoms with Crippen molar-refractivity contribution in [3.63, 3.8) is 0 Å². The highest BCUT2D eigenvalue weighted by atomic mass is 16.7. The van der Waals surface area contributed by atoms with E-state index in [0.29, 0.717) is 19.4 Å². The van der Waals surface area contributed by atoms with E-state index >= 15 is 0 Å². The molecule has 14 nitrogen and oxygen atoms in total. The first-order valence-corrected chi connectivity index (χ1v) is 18.9. The van der Waals surface area contributed by atoms with Crippen LogP contribution in [-0.2, 0) is 33.2 Å². The van der Waals surface area contributed by atoms with Gasteiger partial charge >= 0.3 is 5.97 Å². The van der Waals surface area contributed by atoms with Crippen LogP contribution in [0, 0.1) is 17.8 Å². The van der Waals surface area contributed by atoms with Gasteiger partial charge in [-0.1, -0.05) is 27.7 Å². The van der Waals surface area contributed by atoms with E-state index in [2.05, 4.69) is 5.32 Å². The van der Waals surface area contributed by atoms with Gasteiger partial charge in [0.05, 0.1) is 42.0 Å². The molecule has 14 heteroatoms. The number of carbonyl (C=O) groups excluding carboxylic acids is 1. The van der Waals surface area contributed by atoms with Crippen LogP contribution in [0.5, 0.6) is 0 Å². The Labute approximate surface area is 305 Å². The van der Waals surface area contributed by atoms with Crippen LogP contribution < -0.4 is 11.1 Å². The summed E-state index contributed by atoms with van der Waals surface area (Å²) in [6.07, 6.45) is -7.60. The van der Waals surface area contributed by atoms with E-state index in [9.17, 15) is 30.3 Å². The second kappa shape index (κ2) is 17.2. The normalized spacial score (nSPS) is 51.3. The Morgan fingerprint density at radius 2 is 1.59 bits per heavy atom. The van der Waals surface area contributed by atoms with Gasteiger partial charge in [-0.25, -0.2) is 0 Å². The number of cyclic esters (lactones) is 1. The number of hydrogen-bond acceptors (Lipinski definition) is 14. The molecule has 0 aromatic heterocycles. The van der Waals surface area contributed by atoms with Gasteiger partial charge in [-0.3, -0.25) is 4.79 Å². The fourth-order valence-corrected chi connectivity index (χ4v) is 8.61. The molecule has 0 radical (unpaired) electrons. The molecule has 3 saturated heterocycles. The molecule has 300 valence electrons. The average molecular weight is 735 g/mol. The SMILES string of the molecule is CC[C@@H]1OC(=O)[C@H](C)[C@H](OC2C[C@@](C)(OC)[C@](O)(CC)[C@H](C)O2)[C@@H](C)[C@@H](O[C@@H]2O[C@H](C)C[C@H](N)[C@H]2O)[C@@](C)(O)C[C@@H](C)NC[C@@H](C)[C@H](O)[C@]1(C)O. The van der Waals surface area contributed by atoms with Gasteiger partial charge in [-0.05, 0) is 80.1 Å². The molecule has 8 N–H and O–H groups in total. The van der Waals surface area contributed by atoms with Gasteiger partial charge in [0, 0.05) is 38.1 Å². The topological polar surface area (TPSA) is 212 Å². The average Bonchev–Trinajstić information content (AvgIpc) is 3.06. The smallest absolute Gasteiger partial charge is 0.311 e. The lowest BCUT2D eigenvalue weighted by molar-refractivity contribution is -0.337. The van der Waals surface area contributed by atoms with Crippen molar-refractivity contribution < 1.29 is 58.7 Å². The molecule has 0 spiro atoms. The van der Waals surface area contributed by atoms with Crippen LogP contribution in [0.2, 0.25) is 0 Å². The summed E-state index contributed by atoms with van der Waals surface area (Å²) in [4.78, 5) is 14.1. The summed E-state index contributed by atoms with van der Waals surface area (Å²) in [5.74, 6) is -2.97. The predicted molar refractivity (Wildman–Crippen MR) is 189 cm³/mol. The highest BCUT2D eigenvalue weighted by Crippen LogP contribution is 2.44. The highest BCUT2D eigenvalue weighted by Gasteiger charge is 2.57. The Kier molecular flexibility index (Phi) is 15.0. The number of aliphatic hydroxyl groups excluding tert-OH is 2. The van der Waals surface area contributed by atoms with Crippen molar-refractivity contribution in [3.05, 3.63) is 0 Å². The number of nitrogens with one attached hydrogen (secondary N) is 1. The first-order chi connectivity index (χ1) is 23.5. The molecule has 3 aliphatic heterocycles. The number of nitrogens with two attached hydrogens (primary N) is 1. The maximum absolute atomic E-state index is 14.1. The first-order valence-electron chi connectivity index (χ1n) is 18.9. The third-order valence-electron chi connectivity index (χ3n) is 12.2. The molecule has 3 heterocycles. The van der Waals surface area contributed by atoms with Crippen LogP contribution in [0.4, 0.5) is 0 Å². The standard InChI is InChI=1S/C37H70N2O12/c1-13-26-36(11,44)30(41)19(3)18-39-20(4)16-34(9,43)31(51-33-28(40)25(38)15-21(5)47-33)22(6)29(23(7)32(42)49-26)50-27-17-35(10,46-12)37(45,14-2)24(8)48-27/h19-31,33,39-41,43-45H,13-18,38H2,1-12H3/t19-,20-,21-,22-,23-,24+,25+,26+,27?,28-,29-,30+,31-,33+,34+,35-,36-,37+/m1/s1. The van der Waals surface area contributed by atoms with Crippen LogP contribution in [0.1, 0.15) is 108 Å². The van der Waals surface area contributed by atoms with Gasteiger partial charge < -0.3 is 65.0 Å². The van der Waals surface area contributed by atoms with Gasteiger partial charge in [0.1, 0.15) is 29.0 Å². The van der Waals surface area contributed by atoms with Gasteiger partial charge in [0.15, 0.2) is 12.6 Å². The predicted octanol–water partition coefficient (Wildman–Crippen LogP) is 1.74. The Balaban J connectivity index is 2.15. The van der Waals surface area contributed by atoms with E-state index in [1.807, 2.05) is 20.8 Å². The first kappa shape index (κ1) is 44.4. The third kappa shape index (κ3) is 9.45. The largest absolute Gasteiger partial charge is 0.459 e. The number of aliphatic hydroxyl groups is 5. The van der Waals surface area contributed by atoms with E-state index in [1.54, 1.807) is 48.5 Å². The third-order valence-corrected chi connectivity index (χ3v) is 12.2. The molecule has 0 saturated carbocycles. The summed E-state index contributed by atoms with van der Waals surface area (Å²) >= 11 is 0. The molecule has 3 fully saturated rings. The van der Waals surface area contributed by atoms with Crippen LogP contribution in [0.3, 0.4) is 0 Å². The number of methoxy groups -OCH3 is 1. The van der Waals surface area contributed by atoms with Crippen LogP contribution in [-0.4, -0.2) is 135 Å². The van der Waals surface area contributed by atoms with Gasteiger partial charge in [-0.2, -0.15) is 0 Å². The summed E-state index contributed by atoms with van der Waals surface area (Å²) in [6, 6.07) is -0.939. The summed E-state index contributed by atoms with van der Waals surface area (Å²) in [7, 11) is 1.52. The van der Waals surface area contributed by atoms with Crippen molar-refractivity contribution in [2.24, 2.45) is 23.5 Å². The minimum Gasteiger partial charge on any atom is -0.459 e. The highest BCUT2D eigenvalue weighted by molar-refractivity contribution is 5.73. The van der Waals surface area contributed by atoms with E-state index in [1.165, 1.54) is 14.0 Å². The number of rotatable bonds is 7. The lowest BCUT2D eigenvalue weighted by Crippen LogP contribution is -2.66. The zero-order chi connectivity index (χ0) is 38.9. The molecule has 18 atom stereocenters. The monoisotopic (exact) mass is 734 g/mol. The molecule has 0 aromatic carbocycles. The molecule has 0 amide bonds. The summed E-state index contributed by atoms with van der Waals surface area (Å²) in [5, 5.41) is 61.3. The van der Waals surface area contributed by atoms with Crippen LogP contribution in [0.25, 0.3) is 0 Å². The van der Waals surface area contributed by atoms with E-state index in [4.69, 9.17) is 34.2 Å². The van der Waals surface area contributed by atoms with E-state index in [0.717, 1.165) is 0 Å². The van der Waals surface area contributed by atoms with Crippen molar-refractivity contribution >= 4 is 5.97 Å². The maximum atomic E-state index is 14.1. The molecule has 0 aromatic rings. The Bertz CT molecular complexity index is 1130. The summed E-state index contributed by atoms with van der Waals surface area (Å²) in [6.45, 7) is 19.5. The lowest BCUT2D eigenvalue weighted by Gasteiger charge is -2.53. The minimum absolute atomic E-state index is 0.110. The van der Waals surface area contributed by atoms with Gasteiger partial charge in [0.25, 0.3) is 0 Å². The zero-order valence-corrected chi connectivity index (χ0v) is 33.0. The van der Waals surface area contributed by atoms with Gasteiger partial charge in [0.2, 0.25) is 0 Å². The number of hydrogen-bond donors (Lipinski definition) is 7. The molecule has 0 aliphatic carbocycles.